The quantitative estimate of drug-likeness (QED) is 0.458. The van der Waals surface area contributed by atoms with E-state index in [1.165, 1.54) is 34.0 Å². The van der Waals surface area contributed by atoms with Crippen LogP contribution in [0.25, 0.3) is 10.2 Å². The van der Waals surface area contributed by atoms with Gasteiger partial charge in [0.05, 0.1) is 6.61 Å². The summed E-state index contributed by atoms with van der Waals surface area (Å²) in [5.41, 5.74) is 1.41. The van der Waals surface area contributed by atoms with Gasteiger partial charge in [0.1, 0.15) is 21.4 Å². The second-order valence-electron chi connectivity index (χ2n) is 5.98. The molecule has 1 aliphatic carbocycles. The molecule has 0 spiro atoms. The van der Waals surface area contributed by atoms with Gasteiger partial charge in [-0.15, -0.1) is 11.3 Å². The van der Waals surface area contributed by atoms with Crippen LogP contribution in [0.2, 0.25) is 0 Å². The second-order valence-corrected chi connectivity index (χ2v) is 8.25. The van der Waals surface area contributed by atoms with E-state index in [1.807, 2.05) is 13.8 Å². The molecule has 0 saturated carbocycles. The lowest BCUT2D eigenvalue weighted by Gasteiger charge is -2.18. The Hall–Kier alpha value is -1.14. The van der Waals surface area contributed by atoms with Crippen molar-refractivity contribution in [2.24, 2.45) is 5.92 Å². The van der Waals surface area contributed by atoms with E-state index in [0.29, 0.717) is 6.61 Å². The summed E-state index contributed by atoms with van der Waals surface area (Å²) in [6.45, 7) is 6.58. The number of aryl methyl sites for hydroxylation is 1. The molecule has 0 N–H and O–H groups in total. The Labute approximate surface area is 145 Å². The highest BCUT2D eigenvalue weighted by Crippen LogP contribution is 2.41. The predicted molar refractivity (Wildman–Crippen MR) is 95.2 cm³/mol. The number of carbonyl (C=O) groups excluding carboxylic acids is 1. The van der Waals surface area contributed by atoms with E-state index >= 15 is 0 Å². The van der Waals surface area contributed by atoms with Crippen LogP contribution in [0.3, 0.4) is 0 Å². The summed E-state index contributed by atoms with van der Waals surface area (Å²) in [5.74, 6) is 0.590. The molecule has 2 atom stereocenters. The smallest absolute Gasteiger partial charge is 0.319 e. The fourth-order valence-corrected chi connectivity index (χ4v) is 5.46. The molecular formula is C17H22N2O2S2. The highest BCUT2D eigenvalue weighted by Gasteiger charge is 2.26. The van der Waals surface area contributed by atoms with Gasteiger partial charge >= 0.3 is 5.97 Å². The average molecular weight is 351 g/mol. The Morgan fingerprint density at radius 2 is 2.30 bits per heavy atom. The number of aromatic nitrogens is 2. The minimum atomic E-state index is -0.203. The van der Waals surface area contributed by atoms with Crippen molar-refractivity contribution < 1.29 is 9.53 Å². The van der Waals surface area contributed by atoms with Crippen LogP contribution in [0, 0.1) is 5.92 Å². The summed E-state index contributed by atoms with van der Waals surface area (Å²) >= 11 is 3.32. The molecular weight excluding hydrogens is 328 g/mol. The topological polar surface area (TPSA) is 52.1 Å². The normalized spacial score (nSPS) is 18.7. The number of esters is 1. The summed E-state index contributed by atoms with van der Waals surface area (Å²) in [6.07, 6.45) is 5.79. The zero-order valence-electron chi connectivity index (χ0n) is 13.8. The molecule has 124 valence electrons. The molecule has 0 radical (unpaired) electrons. The maximum Gasteiger partial charge on any atom is 0.319 e. The highest BCUT2D eigenvalue weighted by molar-refractivity contribution is 8.00. The monoisotopic (exact) mass is 350 g/mol. The number of nitrogens with zero attached hydrogens (tertiary/aromatic N) is 2. The average Bonchev–Trinajstić information content (AvgIpc) is 2.90. The first-order chi connectivity index (χ1) is 11.1. The number of fused-ring (bicyclic) bond motifs is 3. The highest BCUT2D eigenvalue weighted by atomic mass is 32.2. The van der Waals surface area contributed by atoms with E-state index in [1.54, 1.807) is 17.7 Å². The molecule has 2 aromatic heterocycles. The van der Waals surface area contributed by atoms with Gasteiger partial charge in [-0.2, -0.15) is 0 Å². The molecule has 0 aliphatic heterocycles. The zero-order chi connectivity index (χ0) is 16.4. The van der Waals surface area contributed by atoms with Gasteiger partial charge < -0.3 is 4.74 Å². The van der Waals surface area contributed by atoms with Crippen molar-refractivity contribution in [1.29, 1.82) is 0 Å². The lowest BCUT2D eigenvalue weighted by Crippen LogP contribution is -2.19. The minimum Gasteiger partial charge on any atom is -0.465 e. The molecule has 1 aliphatic rings. The number of hydrogen-bond acceptors (Lipinski definition) is 6. The molecule has 0 saturated heterocycles. The number of thioether (sulfide) groups is 1. The van der Waals surface area contributed by atoms with Gasteiger partial charge in [-0.25, -0.2) is 9.97 Å². The fourth-order valence-electron chi connectivity index (χ4n) is 3.00. The van der Waals surface area contributed by atoms with Gasteiger partial charge in [-0.05, 0) is 44.1 Å². The van der Waals surface area contributed by atoms with Gasteiger partial charge in [0.15, 0.2) is 0 Å². The Morgan fingerprint density at radius 3 is 3.04 bits per heavy atom. The molecule has 23 heavy (non-hydrogen) atoms. The van der Waals surface area contributed by atoms with Crippen molar-refractivity contribution >= 4 is 39.3 Å². The van der Waals surface area contributed by atoms with Crippen LogP contribution >= 0.6 is 23.1 Å². The summed E-state index contributed by atoms with van der Waals surface area (Å²) in [7, 11) is 0. The van der Waals surface area contributed by atoms with Gasteiger partial charge in [0, 0.05) is 10.3 Å². The van der Waals surface area contributed by atoms with E-state index in [0.717, 1.165) is 35.0 Å². The molecule has 0 aromatic carbocycles. The predicted octanol–water partition coefficient (Wildman–Crippen LogP) is 4.25. The molecule has 2 heterocycles. The number of thiophene rings is 1. The van der Waals surface area contributed by atoms with Crippen LogP contribution < -0.4 is 0 Å². The van der Waals surface area contributed by atoms with Gasteiger partial charge in [0.2, 0.25) is 0 Å². The molecule has 0 fully saturated rings. The van der Waals surface area contributed by atoms with E-state index in [9.17, 15) is 4.79 Å². The fraction of sp³-hybridized carbons (Fsp3) is 0.588. The first-order valence-electron chi connectivity index (χ1n) is 8.22. The maximum atomic E-state index is 12.1. The van der Waals surface area contributed by atoms with Gasteiger partial charge in [-0.1, -0.05) is 25.6 Å². The Balaban J connectivity index is 1.96. The van der Waals surface area contributed by atoms with E-state index in [4.69, 9.17) is 4.74 Å². The van der Waals surface area contributed by atoms with Crippen LogP contribution in [0.15, 0.2) is 11.4 Å². The van der Waals surface area contributed by atoms with E-state index < -0.39 is 0 Å². The lowest BCUT2D eigenvalue weighted by atomic mass is 9.89. The Bertz CT molecular complexity index is 714. The third-order valence-corrected chi connectivity index (χ3v) is 6.74. The molecule has 0 bridgehead atoms. The number of carbonyl (C=O) groups is 1. The van der Waals surface area contributed by atoms with E-state index in [2.05, 4.69) is 16.9 Å². The Kier molecular flexibility index (Phi) is 5.21. The van der Waals surface area contributed by atoms with Crippen LogP contribution in [-0.4, -0.2) is 27.8 Å². The summed E-state index contributed by atoms with van der Waals surface area (Å²) in [4.78, 5) is 23.6. The molecule has 6 heteroatoms. The molecule has 0 amide bonds. The van der Waals surface area contributed by atoms with Crippen LogP contribution in [-0.2, 0) is 22.4 Å². The van der Waals surface area contributed by atoms with Crippen LogP contribution in [0.1, 0.15) is 44.1 Å². The van der Waals surface area contributed by atoms with Crippen molar-refractivity contribution in [3.05, 3.63) is 16.8 Å². The van der Waals surface area contributed by atoms with Gasteiger partial charge in [-0.3, -0.25) is 4.79 Å². The largest absolute Gasteiger partial charge is 0.465 e. The molecule has 4 nitrogen and oxygen atoms in total. The first kappa shape index (κ1) is 16.7. The number of rotatable bonds is 5. The maximum absolute atomic E-state index is 12.1. The standard InChI is InChI=1S/C17H22N2O2S2/c1-4-12(17(20)21-5-2)22-15-14-11-7-6-10(3)8-13(11)23-16(14)19-9-18-15/h9-10,12H,4-8H2,1-3H3/t10-,12+/m1/s1. The number of ether oxygens (including phenoxy) is 1. The second kappa shape index (κ2) is 7.18. The minimum absolute atomic E-state index is 0.149. The van der Waals surface area contributed by atoms with E-state index in [-0.39, 0.29) is 11.2 Å². The zero-order valence-corrected chi connectivity index (χ0v) is 15.4. The summed E-state index contributed by atoms with van der Waals surface area (Å²) in [6, 6.07) is 0. The van der Waals surface area contributed by atoms with Crippen molar-refractivity contribution in [2.45, 2.75) is 56.7 Å². The van der Waals surface area contributed by atoms with Crippen molar-refractivity contribution in [3.63, 3.8) is 0 Å². The Morgan fingerprint density at radius 1 is 1.48 bits per heavy atom. The van der Waals surface area contributed by atoms with Crippen LogP contribution in [0.5, 0.6) is 0 Å². The van der Waals surface area contributed by atoms with Crippen molar-refractivity contribution in [1.82, 2.24) is 9.97 Å². The molecule has 3 rings (SSSR count). The molecule has 0 unspecified atom stereocenters. The summed E-state index contributed by atoms with van der Waals surface area (Å²) < 4.78 is 5.19. The summed E-state index contributed by atoms with van der Waals surface area (Å²) in [5, 5.41) is 1.90. The first-order valence-corrected chi connectivity index (χ1v) is 9.92. The van der Waals surface area contributed by atoms with Gasteiger partial charge in [0.25, 0.3) is 0 Å². The van der Waals surface area contributed by atoms with Crippen LogP contribution in [0.4, 0.5) is 0 Å². The molecule has 2 aromatic rings. The number of hydrogen-bond donors (Lipinski definition) is 0. The third kappa shape index (κ3) is 3.38. The third-order valence-electron chi connectivity index (χ3n) is 4.23. The van der Waals surface area contributed by atoms with Crippen molar-refractivity contribution in [2.75, 3.05) is 6.61 Å². The van der Waals surface area contributed by atoms with Crippen molar-refractivity contribution in [3.8, 4) is 0 Å². The lowest BCUT2D eigenvalue weighted by molar-refractivity contribution is -0.142. The SMILES string of the molecule is CCOC(=O)[C@H](CC)Sc1ncnc2sc3c(c12)CC[C@@H](C)C3.